The van der Waals surface area contributed by atoms with E-state index in [0.717, 1.165) is 38.4 Å². The molecular weight excluding hydrogens is 234 g/mol. The van der Waals surface area contributed by atoms with Crippen LogP contribution in [0.5, 0.6) is 0 Å². The topological polar surface area (TPSA) is 28.2 Å². The lowest BCUT2D eigenvalue weighted by atomic mass is 9.99. The molecule has 3 heteroatoms. The van der Waals surface area contributed by atoms with E-state index in [0.29, 0.717) is 0 Å². The number of aryl methyl sites for hydroxylation is 1. The molecule has 106 valence electrons. The SMILES string of the molecule is CCCc1cc(CNC)cc(N2CCC(C)CC2)n1. The van der Waals surface area contributed by atoms with Crippen molar-refractivity contribution in [2.24, 2.45) is 5.92 Å². The van der Waals surface area contributed by atoms with Gasteiger partial charge in [0.2, 0.25) is 0 Å². The number of anilines is 1. The van der Waals surface area contributed by atoms with Crippen molar-refractivity contribution in [2.45, 2.75) is 46.1 Å². The second-order valence-corrected chi connectivity index (χ2v) is 5.77. The van der Waals surface area contributed by atoms with Crippen LogP contribution in [0.3, 0.4) is 0 Å². The minimum atomic E-state index is 0.867. The molecule has 1 aliphatic rings. The summed E-state index contributed by atoms with van der Waals surface area (Å²) in [5.74, 6) is 2.05. The summed E-state index contributed by atoms with van der Waals surface area (Å²) < 4.78 is 0. The van der Waals surface area contributed by atoms with Gasteiger partial charge in [-0.15, -0.1) is 0 Å². The van der Waals surface area contributed by atoms with Crippen LogP contribution in [-0.4, -0.2) is 25.1 Å². The van der Waals surface area contributed by atoms with Gasteiger partial charge in [0.15, 0.2) is 0 Å². The van der Waals surface area contributed by atoms with Crippen molar-refractivity contribution in [1.82, 2.24) is 10.3 Å². The van der Waals surface area contributed by atoms with Crippen LogP contribution in [0.1, 0.15) is 44.4 Å². The van der Waals surface area contributed by atoms with Crippen LogP contribution in [0.2, 0.25) is 0 Å². The Morgan fingerprint density at radius 2 is 2.05 bits per heavy atom. The van der Waals surface area contributed by atoms with Crippen LogP contribution in [0.15, 0.2) is 12.1 Å². The Morgan fingerprint density at radius 3 is 2.68 bits per heavy atom. The van der Waals surface area contributed by atoms with Gasteiger partial charge < -0.3 is 10.2 Å². The number of aromatic nitrogens is 1. The van der Waals surface area contributed by atoms with E-state index in [4.69, 9.17) is 4.98 Å². The number of rotatable bonds is 5. The van der Waals surface area contributed by atoms with Crippen molar-refractivity contribution >= 4 is 5.82 Å². The third-order valence-electron chi connectivity index (χ3n) is 3.92. The first-order valence-electron chi connectivity index (χ1n) is 7.62. The van der Waals surface area contributed by atoms with E-state index in [1.165, 1.54) is 29.9 Å². The lowest BCUT2D eigenvalue weighted by Gasteiger charge is -2.31. The van der Waals surface area contributed by atoms with Gasteiger partial charge in [-0.25, -0.2) is 4.98 Å². The van der Waals surface area contributed by atoms with Gasteiger partial charge in [0.25, 0.3) is 0 Å². The number of hydrogen-bond donors (Lipinski definition) is 1. The van der Waals surface area contributed by atoms with E-state index in [1.807, 2.05) is 7.05 Å². The number of hydrogen-bond acceptors (Lipinski definition) is 3. The molecule has 0 aliphatic carbocycles. The van der Waals surface area contributed by atoms with Crippen LogP contribution < -0.4 is 10.2 Å². The summed E-state index contributed by atoms with van der Waals surface area (Å²) >= 11 is 0. The van der Waals surface area contributed by atoms with Crippen molar-refractivity contribution in [3.05, 3.63) is 23.4 Å². The zero-order valence-electron chi connectivity index (χ0n) is 12.6. The van der Waals surface area contributed by atoms with Gasteiger partial charge in [-0.1, -0.05) is 20.3 Å². The summed E-state index contributed by atoms with van der Waals surface area (Å²) in [5, 5.41) is 3.24. The fourth-order valence-corrected chi connectivity index (χ4v) is 2.72. The Bertz CT molecular complexity index is 371. The summed E-state index contributed by atoms with van der Waals surface area (Å²) in [7, 11) is 2.00. The molecule has 0 atom stereocenters. The Hall–Kier alpha value is -1.09. The monoisotopic (exact) mass is 261 g/mol. The Balaban J connectivity index is 2.17. The summed E-state index contributed by atoms with van der Waals surface area (Å²) in [4.78, 5) is 7.31. The first-order valence-corrected chi connectivity index (χ1v) is 7.62. The fourth-order valence-electron chi connectivity index (χ4n) is 2.72. The standard InChI is InChI=1S/C16H27N3/c1-4-5-15-10-14(12-17-3)11-16(18-15)19-8-6-13(2)7-9-19/h10-11,13,17H,4-9,12H2,1-3H3. The maximum atomic E-state index is 4.85. The normalized spacial score (nSPS) is 16.9. The lowest BCUT2D eigenvalue weighted by Crippen LogP contribution is -2.33. The molecule has 1 aromatic rings. The van der Waals surface area contributed by atoms with Crippen LogP contribution in [-0.2, 0) is 13.0 Å². The highest BCUT2D eigenvalue weighted by Gasteiger charge is 2.17. The fraction of sp³-hybridized carbons (Fsp3) is 0.688. The first kappa shape index (κ1) is 14.3. The zero-order chi connectivity index (χ0) is 13.7. The van der Waals surface area contributed by atoms with Crippen LogP contribution in [0.25, 0.3) is 0 Å². The smallest absolute Gasteiger partial charge is 0.129 e. The molecule has 1 aromatic heterocycles. The Kier molecular flexibility index (Phi) is 5.20. The van der Waals surface area contributed by atoms with E-state index in [-0.39, 0.29) is 0 Å². The summed E-state index contributed by atoms with van der Waals surface area (Å²) in [5.41, 5.74) is 2.60. The van der Waals surface area contributed by atoms with Gasteiger partial charge in [0.05, 0.1) is 0 Å². The number of nitrogens with zero attached hydrogens (tertiary/aromatic N) is 2. The maximum Gasteiger partial charge on any atom is 0.129 e. The van der Waals surface area contributed by atoms with Crippen molar-refractivity contribution in [2.75, 3.05) is 25.0 Å². The lowest BCUT2D eigenvalue weighted by molar-refractivity contribution is 0.436. The van der Waals surface area contributed by atoms with E-state index >= 15 is 0 Å². The Labute approximate surface area is 117 Å². The van der Waals surface area contributed by atoms with E-state index < -0.39 is 0 Å². The molecule has 19 heavy (non-hydrogen) atoms. The van der Waals surface area contributed by atoms with E-state index in [2.05, 4.69) is 36.2 Å². The first-order chi connectivity index (χ1) is 9.22. The largest absolute Gasteiger partial charge is 0.357 e. The number of piperidine rings is 1. The van der Waals surface area contributed by atoms with Gasteiger partial charge in [-0.3, -0.25) is 0 Å². The average molecular weight is 261 g/mol. The van der Waals surface area contributed by atoms with Crippen LogP contribution in [0, 0.1) is 5.92 Å². The minimum Gasteiger partial charge on any atom is -0.357 e. The van der Waals surface area contributed by atoms with Crippen molar-refractivity contribution < 1.29 is 0 Å². The molecule has 0 spiro atoms. The van der Waals surface area contributed by atoms with Crippen LogP contribution >= 0.6 is 0 Å². The maximum absolute atomic E-state index is 4.85. The predicted molar refractivity (Wildman–Crippen MR) is 81.6 cm³/mol. The molecule has 1 aliphatic heterocycles. The molecule has 0 radical (unpaired) electrons. The molecule has 1 fully saturated rings. The van der Waals surface area contributed by atoms with E-state index in [1.54, 1.807) is 0 Å². The minimum absolute atomic E-state index is 0.867. The van der Waals surface area contributed by atoms with Crippen LogP contribution in [0.4, 0.5) is 5.82 Å². The second-order valence-electron chi connectivity index (χ2n) is 5.77. The zero-order valence-corrected chi connectivity index (χ0v) is 12.6. The third kappa shape index (κ3) is 3.93. The molecule has 0 amide bonds. The molecule has 1 saturated heterocycles. The van der Waals surface area contributed by atoms with E-state index in [9.17, 15) is 0 Å². The summed E-state index contributed by atoms with van der Waals surface area (Å²) in [6, 6.07) is 4.50. The predicted octanol–water partition coefficient (Wildman–Crippen LogP) is 2.99. The molecule has 2 rings (SSSR count). The summed E-state index contributed by atoms with van der Waals surface area (Å²) in [6.07, 6.45) is 4.82. The molecule has 2 heterocycles. The molecule has 1 N–H and O–H groups in total. The van der Waals surface area contributed by atoms with Gasteiger partial charge in [-0.05, 0) is 49.9 Å². The quantitative estimate of drug-likeness (QED) is 0.883. The molecule has 0 aromatic carbocycles. The van der Waals surface area contributed by atoms with Gasteiger partial charge in [0.1, 0.15) is 5.82 Å². The second kappa shape index (κ2) is 6.90. The molecule has 3 nitrogen and oxygen atoms in total. The average Bonchev–Trinajstić information content (AvgIpc) is 2.40. The molecule has 0 bridgehead atoms. The van der Waals surface area contributed by atoms with Gasteiger partial charge in [0, 0.05) is 25.3 Å². The molecule has 0 unspecified atom stereocenters. The number of nitrogens with one attached hydrogen (secondary N) is 1. The highest BCUT2D eigenvalue weighted by atomic mass is 15.2. The highest BCUT2D eigenvalue weighted by Crippen LogP contribution is 2.23. The summed E-state index contributed by atoms with van der Waals surface area (Å²) in [6.45, 7) is 7.81. The van der Waals surface area contributed by atoms with Crippen molar-refractivity contribution in [1.29, 1.82) is 0 Å². The highest BCUT2D eigenvalue weighted by molar-refractivity contribution is 5.43. The van der Waals surface area contributed by atoms with Gasteiger partial charge >= 0.3 is 0 Å². The van der Waals surface area contributed by atoms with Gasteiger partial charge in [-0.2, -0.15) is 0 Å². The van der Waals surface area contributed by atoms with Crippen molar-refractivity contribution in [3.63, 3.8) is 0 Å². The number of pyridine rings is 1. The molecule has 0 saturated carbocycles. The molecular formula is C16H27N3. The third-order valence-corrected chi connectivity index (χ3v) is 3.92. The Morgan fingerprint density at radius 1 is 1.32 bits per heavy atom. The van der Waals surface area contributed by atoms with Crippen molar-refractivity contribution in [3.8, 4) is 0 Å².